The number of benzene rings is 1. The molecule has 2 N–H and O–H groups in total. The predicted octanol–water partition coefficient (Wildman–Crippen LogP) is 4.15. The van der Waals surface area contributed by atoms with Crippen LogP contribution in [0.15, 0.2) is 36.4 Å². The number of rotatable bonds is 5. The van der Waals surface area contributed by atoms with Gasteiger partial charge >= 0.3 is 0 Å². The molecular formula is C17H22N2O. The van der Waals surface area contributed by atoms with Crippen LogP contribution in [0.5, 0.6) is 11.5 Å². The maximum absolute atomic E-state index is 6.15. The minimum Gasteiger partial charge on any atom is -0.455 e. The third kappa shape index (κ3) is 3.17. The standard InChI is InChI=1S/C17H22N2O/c1-4-14(18)13-8-6-7-9-16(13)20-17-11-10-12(3)19-15(17)5-2/h6-11,14H,4-5,18H2,1-3H3. The summed E-state index contributed by atoms with van der Waals surface area (Å²) in [5.74, 6) is 1.64. The van der Waals surface area contributed by atoms with Gasteiger partial charge in [-0.2, -0.15) is 0 Å². The molecule has 0 aliphatic heterocycles. The largest absolute Gasteiger partial charge is 0.455 e. The molecule has 2 aromatic rings. The summed E-state index contributed by atoms with van der Waals surface area (Å²) in [5, 5.41) is 0. The van der Waals surface area contributed by atoms with Crippen LogP contribution in [-0.4, -0.2) is 4.98 Å². The van der Waals surface area contributed by atoms with Crippen LogP contribution >= 0.6 is 0 Å². The second-order valence-corrected chi connectivity index (χ2v) is 4.91. The van der Waals surface area contributed by atoms with Gasteiger partial charge in [0.05, 0.1) is 5.69 Å². The first-order valence-electron chi connectivity index (χ1n) is 7.14. The van der Waals surface area contributed by atoms with Crippen molar-refractivity contribution in [1.29, 1.82) is 0 Å². The number of hydrogen-bond donors (Lipinski definition) is 1. The van der Waals surface area contributed by atoms with Gasteiger partial charge in [-0.05, 0) is 38.0 Å². The first-order valence-corrected chi connectivity index (χ1v) is 7.14. The number of nitrogens with two attached hydrogens (primary N) is 1. The van der Waals surface area contributed by atoms with E-state index in [1.54, 1.807) is 0 Å². The first-order chi connectivity index (χ1) is 9.65. The SMILES string of the molecule is CCc1nc(C)ccc1Oc1ccccc1C(N)CC. The van der Waals surface area contributed by atoms with Crippen molar-refractivity contribution in [3.63, 3.8) is 0 Å². The molecule has 0 aliphatic carbocycles. The molecule has 20 heavy (non-hydrogen) atoms. The smallest absolute Gasteiger partial charge is 0.148 e. The van der Waals surface area contributed by atoms with Crippen LogP contribution in [0, 0.1) is 6.92 Å². The lowest BCUT2D eigenvalue weighted by molar-refractivity contribution is 0.460. The maximum Gasteiger partial charge on any atom is 0.148 e. The number of nitrogens with zero attached hydrogens (tertiary/aromatic N) is 1. The molecule has 1 aromatic heterocycles. The fraction of sp³-hybridized carbons (Fsp3) is 0.353. The van der Waals surface area contributed by atoms with Crippen LogP contribution < -0.4 is 10.5 Å². The van der Waals surface area contributed by atoms with Crippen molar-refractivity contribution >= 4 is 0 Å². The van der Waals surface area contributed by atoms with Crippen LogP contribution in [0.2, 0.25) is 0 Å². The molecule has 1 heterocycles. The third-order valence-electron chi connectivity index (χ3n) is 3.38. The summed E-state index contributed by atoms with van der Waals surface area (Å²) < 4.78 is 6.07. The van der Waals surface area contributed by atoms with E-state index >= 15 is 0 Å². The van der Waals surface area contributed by atoms with Crippen molar-refractivity contribution in [3.8, 4) is 11.5 Å². The van der Waals surface area contributed by atoms with Gasteiger partial charge in [-0.3, -0.25) is 4.98 Å². The summed E-state index contributed by atoms with van der Waals surface area (Å²) in [6.45, 7) is 6.15. The number of hydrogen-bond acceptors (Lipinski definition) is 3. The van der Waals surface area contributed by atoms with E-state index in [1.165, 1.54) is 0 Å². The summed E-state index contributed by atoms with van der Waals surface area (Å²) in [4.78, 5) is 4.53. The fourth-order valence-corrected chi connectivity index (χ4v) is 2.16. The Morgan fingerprint density at radius 1 is 1.10 bits per heavy atom. The van der Waals surface area contributed by atoms with E-state index in [2.05, 4.69) is 18.8 Å². The minimum absolute atomic E-state index is 0.00492. The van der Waals surface area contributed by atoms with Crippen molar-refractivity contribution in [2.45, 2.75) is 39.7 Å². The van der Waals surface area contributed by atoms with Crippen molar-refractivity contribution in [2.24, 2.45) is 5.73 Å². The Morgan fingerprint density at radius 3 is 2.55 bits per heavy atom. The molecule has 0 saturated carbocycles. The van der Waals surface area contributed by atoms with Crippen LogP contribution in [0.4, 0.5) is 0 Å². The van der Waals surface area contributed by atoms with Crippen LogP contribution in [0.3, 0.4) is 0 Å². The van der Waals surface area contributed by atoms with Crippen molar-refractivity contribution in [2.75, 3.05) is 0 Å². The van der Waals surface area contributed by atoms with Crippen LogP contribution in [-0.2, 0) is 6.42 Å². The zero-order valence-corrected chi connectivity index (χ0v) is 12.4. The highest BCUT2D eigenvalue weighted by atomic mass is 16.5. The highest BCUT2D eigenvalue weighted by Gasteiger charge is 2.12. The molecule has 3 heteroatoms. The van der Waals surface area contributed by atoms with Gasteiger partial charge in [0.1, 0.15) is 11.5 Å². The Kier molecular flexibility index (Phi) is 4.74. The molecule has 0 aliphatic rings. The molecule has 0 spiro atoms. The van der Waals surface area contributed by atoms with E-state index in [0.717, 1.165) is 41.3 Å². The Bertz CT molecular complexity index is 581. The molecule has 1 aromatic carbocycles. The Balaban J connectivity index is 2.35. The first kappa shape index (κ1) is 14.5. The molecule has 0 amide bonds. The number of pyridine rings is 1. The molecular weight excluding hydrogens is 248 g/mol. The Labute approximate surface area is 120 Å². The summed E-state index contributed by atoms with van der Waals surface area (Å²) in [6, 6.07) is 11.9. The average Bonchev–Trinajstić information content (AvgIpc) is 2.48. The van der Waals surface area contributed by atoms with Gasteiger partial charge in [0.25, 0.3) is 0 Å². The van der Waals surface area contributed by atoms with E-state index in [-0.39, 0.29) is 6.04 Å². The summed E-state index contributed by atoms with van der Waals surface area (Å²) in [5.41, 5.74) is 9.17. The lowest BCUT2D eigenvalue weighted by Crippen LogP contribution is -2.10. The normalized spacial score (nSPS) is 12.2. The van der Waals surface area contributed by atoms with Crippen molar-refractivity contribution < 1.29 is 4.74 Å². The number of aryl methyl sites for hydroxylation is 2. The van der Waals surface area contributed by atoms with Gasteiger partial charge in [0.2, 0.25) is 0 Å². The van der Waals surface area contributed by atoms with E-state index in [9.17, 15) is 0 Å². The zero-order valence-electron chi connectivity index (χ0n) is 12.4. The fourth-order valence-electron chi connectivity index (χ4n) is 2.16. The summed E-state index contributed by atoms with van der Waals surface area (Å²) >= 11 is 0. The van der Waals surface area contributed by atoms with Gasteiger partial charge in [0.15, 0.2) is 0 Å². The van der Waals surface area contributed by atoms with Gasteiger partial charge in [-0.15, -0.1) is 0 Å². The van der Waals surface area contributed by atoms with E-state index < -0.39 is 0 Å². The number of para-hydroxylation sites is 1. The molecule has 3 nitrogen and oxygen atoms in total. The van der Waals surface area contributed by atoms with Gasteiger partial charge in [0, 0.05) is 17.3 Å². The number of ether oxygens (including phenoxy) is 1. The molecule has 1 atom stereocenters. The van der Waals surface area contributed by atoms with Crippen molar-refractivity contribution in [3.05, 3.63) is 53.3 Å². The Morgan fingerprint density at radius 2 is 1.85 bits per heavy atom. The quantitative estimate of drug-likeness (QED) is 0.887. The zero-order chi connectivity index (χ0) is 14.5. The van der Waals surface area contributed by atoms with Gasteiger partial charge in [-0.1, -0.05) is 32.0 Å². The highest BCUT2D eigenvalue weighted by molar-refractivity contribution is 5.41. The van der Waals surface area contributed by atoms with Crippen LogP contribution in [0.1, 0.15) is 43.3 Å². The monoisotopic (exact) mass is 270 g/mol. The maximum atomic E-state index is 6.15. The highest BCUT2D eigenvalue weighted by Crippen LogP contribution is 2.31. The second kappa shape index (κ2) is 6.53. The summed E-state index contributed by atoms with van der Waals surface area (Å²) in [7, 11) is 0. The molecule has 0 radical (unpaired) electrons. The number of aromatic nitrogens is 1. The minimum atomic E-state index is -0.00492. The van der Waals surface area contributed by atoms with Gasteiger partial charge < -0.3 is 10.5 Å². The average molecular weight is 270 g/mol. The predicted molar refractivity (Wildman–Crippen MR) is 82.1 cm³/mol. The molecule has 106 valence electrons. The second-order valence-electron chi connectivity index (χ2n) is 4.91. The van der Waals surface area contributed by atoms with Crippen molar-refractivity contribution in [1.82, 2.24) is 4.98 Å². The topological polar surface area (TPSA) is 48.1 Å². The summed E-state index contributed by atoms with van der Waals surface area (Å²) in [6.07, 6.45) is 1.73. The lowest BCUT2D eigenvalue weighted by atomic mass is 10.0. The van der Waals surface area contributed by atoms with Crippen LogP contribution in [0.25, 0.3) is 0 Å². The molecule has 0 fully saturated rings. The van der Waals surface area contributed by atoms with E-state index in [4.69, 9.17) is 10.5 Å². The molecule has 0 saturated heterocycles. The third-order valence-corrected chi connectivity index (χ3v) is 3.38. The molecule has 2 rings (SSSR count). The Hall–Kier alpha value is -1.87. The lowest BCUT2D eigenvalue weighted by Gasteiger charge is -2.16. The molecule has 0 bridgehead atoms. The van der Waals surface area contributed by atoms with Gasteiger partial charge in [-0.25, -0.2) is 0 Å². The van der Waals surface area contributed by atoms with E-state index in [0.29, 0.717) is 0 Å². The van der Waals surface area contributed by atoms with E-state index in [1.807, 2.05) is 43.3 Å². The molecule has 1 unspecified atom stereocenters.